The Bertz CT molecular complexity index is 331. The van der Waals surface area contributed by atoms with Crippen molar-refractivity contribution in [2.24, 2.45) is 11.8 Å². The Labute approximate surface area is 117 Å². The topological polar surface area (TPSA) is 12.0 Å². The molecule has 0 heterocycles. The van der Waals surface area contributed by atoms with Crippen LogP contribution in [0.1, 0.15) is 39.7 Å². The summed E-state index contributed by atoms with van der Waals surface area (Å²) in [5.41, 5.74) is 1.38. The van der Waals surface area contributed by atoms with E-state index in [0.717, 1.165) is 23.9 Å². The first-order chi connectivity index (χ1) is 8.52. The van der Waals surface area contributed by atoms with Crippen molar-refractivity contribution in [2.45, 2.75) is 46.6 Å². The minimum absolute atomic E-state index is 0.557. The van der Waals surface area contributed by atoms with Gasteiger partial charge in [-0.1, -0.05) is 57.8 Å². The fourth-order valence-electron chi connectivity index (χ4n) is 2.12. The summed E-state index contributed by atoms with van der Waals surface area (Å²) < 4.78 is 0. The summed E-state index contributed by atoms with van der Waals surface area (Å²) in [7, 11) is 0. The lowest BCUT2D eigenvalue weighted by Crippen LogP contribution is -2.32. The molecule has 102 valence electrons. The molecule has 2 atom stereocenters. The first-order valence-electron chi connectivity index (χ1n) is 7.00. The number of hydrogen-bond donors (Lipinski definition) is 1. The molecule has 0 aromatic heterocycles. The van der Waals surface area contributed by atoms with Crippen LogP contribution < -0.4 is 5.32 Å². The number of hydrogen-bond acceptors (Lipinski definition) is 1. The maximum absolute atomic E-state index is 5.93. The summed E-state index contributed by atoms with van der Waals surface area (Å²) in [4.78, 5) is 0. The second-order valence-electron chi connectivity index (χ2n) is 5.54. The Kier molecular flexibility index (Phi) is 6.73. The number of benzene rings is 1. The summed E-state index contributed by atoms with van der Waals surface area (Å²) in [5, 5.41) is 4.39. The molecule has 1 aromatic rings. The van der Waals surface area contributed by atoms with E-state index in [9.17, 15) is 0 Å². The lowest BCUT2D eigenvalue weighted by molar-refractivity contribution is 0.320. The molecule has 1 rings (SSSR count). The second-order valence-corrected chi connectivity index (χ2v) is 5.98. The summed E-state index contributed by atoms with van der Waals surface area (Å²) in [6, 6.07) is 8.82. The molecule has 0 aliphatic heterocycles. The van der Waals surface area contributed by atoms with Crippen molar-refractivity contribution in [1.29, 1.82) is 0 Å². The molecule has 0 amide bonds. The van der Waals surface area contributed by atoms with Crippen molar-refractivity contribution in [1.82, 2.24) is 5.32 Å². The molecular weight excluding hydrogens is 242 g/mol. The molecule has 1 nitrogen and oxygen atoms in total. The first-order valence-corrected chi connectivity index (χ1v) is 7.38. The van der Waals surface area contributed by atoms with Crippen LogP contribution in [0.2, 0.25) is 5.02 Å². The van der Waals surface area contributed by atoms with Gasteiger partial charge in [0.2, 0.25) is 0 Å². The Balaban J connectivity index is 2.62. The third-order valence-corrected chi connectivity index (χ3v) is 3.90. The number of rotatable bonds is 7. The van der Waals surface area contributed by atoms with Crippen molar-refractivity contribution >= 4 is 11.6 Å². The van der Waals surface area contributed by atoms with Crippen LogP contribution in [0, 0.1) is 11.8 Å². The van der Waals surface area contributed by atoms with E-state index in [0.29, 0.717) is 12.0 Å². The molecule has 0 aliphatic carbocycles. The number of halogens is 1. The van der Waals surface area contributed by atoms with Gasteiger partial charge in [-0.15, -0.1) is 0 Å². The van der Waals surface area contributed by atoms with Gasteiger partial charge in [-0.05, 0) is 42.5 Å². The Morgan fingerprint density at radius 2 is 1.72 bits per heavy atom. The lowest BCUT2D eigenvalue weighted by Gasteiger charge is -2.24. The molecule has 0 radical (unpaired) electrons. The van der Waals surface area contributed by atoms with Gasteiger partial charge >= 0.3 is 0 Å². The fourth-order valence-corrected chi connectivity index (χ4v) is 2.24. The van der Waals surface area contributed by atoms with Gasteiger partial charge in [0.25, 0.3) is 0 Å². The maximum atomic E-state index is 5.93. The zero-order valence-electron chi connectivity index (χ0n) is 12.0. The highest BCUT2D eigenvalue weighted by atomic mass is 35.5. The van der Waals surface area contributed by atoms with Gasteiger partial charge in [-0.2, -0.15) is 0 Å². The monoisotopic (exact) mass is 267 g/mol. The average molecular weight is 268 g/mol. The molecule has 0 saturated heterocycles. The zero-order chi connectivity index (χ0) is 13.5. The lowest BCUT2D eigenvalue weighted by atomic mass is 9.86. The average Bonchev–Trinajstić information content (AvgIpc) is 2.35. The normalized spacial score (nSPS) is 14.8. The van der Waals surface area contributed by atoms with Crippen molar-refractivity contribution in [3.8, 4) is 0 Å². The van der Waals surface area contributed by atoms with Gasteiger partial charge in [0.1, 0.15) is 0 Å². The quantitative estimate of drug-likeness (QED) is 0.765. The van der Waals surface area contributed by atoms with E-state index in [1.165, 1.54) is 12.0 Å². The van der Waals surface area contributed by atoms with Crippen LogP contribution in [0.4, 0.5) is 0 Å². The maximum Gasteiger partial charge on any atom is 0.0406 e. The molecule has 0 bridgehead atoms. The molecule has 0 aliphatic rings. The van der Waals surface area contributed by atoms with Crippen molar-refractivity contribution in [3.05, 3.63) is 34.9 Å². The van der Waals surface area contributed by atoms with Crippen LogP contribution in [0.3, 0.4) is 0 Å². The highest BCUT2D eigenvalue weighted by molar-refractivity contribution is 6.30. The minimum Gasteiger partial charge on any atom is -0.314 e. The highest BCUT2D eigenvalue weighted by Gasteiger charge is 2.16. The van der Waals surface area contributed by atoms with E-state index in [4.69, 9.17) is 11.6 Å². The third kappa shape index (κ3) is 5.41. The molecule has 2 unspecified atom stereocenters. The SMILES string of the molecule is CCC(C)C(CNC(C)C)Cc1ccc(Cl)cc1. The molecule has 0 fully saturated rings. The van der Waals surface area contributed by atoms with Gasteiger partial charge < -0.3 is 5.32 Å². The van der Waals surface area contributed by atoms with Crippen molar-refractivity contribution in [3.63, 3.8) is 0 Å². The molecule has 2 heteroatoms. The number of nitrogens with one attached hydrogen (secondary N) is 1. The highest BCUT2D eigenvalue weighted by Crippen LogP contribution is 2.21. The van der Waals surface area contributed by atoms with Gasteiger partial charge in [0, 0.05) is 11.1 Å². The summed E-state index contributed by atoms with van der Waals surface area (Å²) in [5.74, 6) is 1.44. The van der Waals surface area contributed by atoms with Crippen LogP contribution in [-0.2, 0) is 6.42 Å². The van der Waals surface area contributed by atoms with Crippen LogP contribution in [-0.4, -0.2) is 12.6 Å². The summed E-state index contributed by atoms with van der Waals surface area (Å²) in [6.07, 6.45) is 2.37. The van der Waals surface area contributed by atoms with Crippen LogP contribution in [0.25, 0.3) is 0 Å². The van der Waals surface area contributed by atoms with E-state index >= 15 is 0 Å². The molecular formula is C16H26ClN. The predicted octanol–water partition coefficient (Wildman–Crippen LogP) is 4.54. The summed E-state index contributed by atoms with van der Waals surface area (Å²) in [6.45, 7) is 10.1. The standard InChI is InChI=1S/C16H26ClN/c1-5-13(4)15(11-18-12(2)3)10-14-6-8-16(17)9-7-14/h6-9,12-13,15,18H,5,10-11H2,1-4H3. The van der Waals surface area contributed by atoms with Crippen molar-refractivity contribution in [2.75, 3.05) is 6.54 Å². The molecule has 1 aromatic carbocycles. The summed E-state index contributed by atoms with van der Waals surface area (Å²) >= 11 is 5.93. The molecule has 0 spiro atoms. The van der Waals surface area contributed by atoms with Gasteiger partial charge in [-0.3, -0.25) is 0 Å². The minimum atomic E-state index is 0.557. The first kappa shape index (κ1) is 15.5. The van der Waals surface area contributed by atoms with Crippen LogP contribution in [0.5, 0.6) is 0 Å². The largest absolute Gasteiger partial charge is 0.314 e. The van der Waals surface area contributed by atoms with Crippen LogP contribution >= 0.6 is 11.6 Å². The fraction of sp³-hybridized carbons (Fsp3) is 0.625. The van der Waals surface area contributed by atoms with Gasteiger partial charge in [-0.25, -0.2) is 0 Å². The molecule has 0 saturated carbocycles. The van der Waals surface area contributed by atoms with E-state index in [1.807, 2.05) is 12.1 Å². The van der Waals surface area contributed by atoms with E-state index < -0.39 is 0 Å². The second kappa shape index (κ2) is 7.81. The Morgan fingerprint density at radius 3 is 2.22 bits per heavy atom. The predicted molar refractivity (Wildman–Crippen MR) is 81.2 cm³/mol. The Hall–Kier alpha value is -0.530. The van der Waals surface area contributed by atoms with Gasteiger partial charge in [0.05, 0.1) is 0 Å². The van der Waals surface area contributed by atoms with Crippen molar-refractivity contribution < 1.29 is 0 Å². The zero-order valence-corrected chi connectivity index (χ0v) is 12.8. The van der Waals surface area contributed by atoms with E-state index in [-0.39, 0.29) is 0 Å². The van der Waals surface area contributed by atoms with Crippen LogP contribution in [0.15, 0.2) is 24.3 Å². The van der Waals surface area contributed by atoms with Gasteiger partial charge in [0.15, 0.2) is 0 Å². The molecule has 18 heavy (non-hydrogen) atoms. The van der Waals surface area contributed by atoms with E-state index in [2.05, 4.69) is 45.1 Å². The smallest absolute Gasteiger partial charge is 0.0406 e. The van der Waals surface area contributed by atoms with E-state index in [1.54, 1.807) is 0 Å². The third-order valence-electron chi connectivity index (χ3n) is 3.65. The Morgan fingerprint density at radius 1 is 1.11 bits per heavy atom. The molecule has 1 N–H and O–H groups in total.